The molecule has 1 heterocycles. The maximum atomic E-state index is 12.2. The van der Waals surface area contributed by atoms with Gasteiger partial charge in [-0.3, -0.25) is 15.0 Å². The first-order valence-corrected chi connectivity index (χ1v) is 8.75. The van der Waals surface area contributed by atoms with Gasteiger partial charge in [-0.25, -0.2) is 4.98 Å². The molecule has 5 N–H and O–H groups in total. The third kappa shape index (κ3) is 4.17. The number of benzene rings is 2. The van der Waals surface area contributed by atoms with Gasteiger partial charge >= 0.3 is 5.97 Å². The SMILES string of the molecule is Cc1nc2cc(C(=O)NCCC(=O)O)ccc2n1Cc1ccc(C(=N)N)cc1. The highest BCUT2D eigenvalue weighted by Gasteiger charge is 2.12. The monoisotopic (exact) mass is 379 g/mol. The number of carbonyl (C=O) groups is 2. The molecule has 0 aliphatic carbocycles. The Kier molecular flexibility index (Phi) is 5.39. The molecule has 3 aromatic rings. The highest BCUT2D eigenvalue weighted by molar-refractivity contribution is 5.97. The summed E-state index contributed by atoms with van der Waals surface area (Å²) in [4.78, 5) is 27.3. The van der Waals surface area contributed by atoms with Gasteiger partial charge in [-0.05, 0) is 30.7 Å². The first-order chi connectivity index (χ1) is 13.3. The maximum absolute atomic E-state index is 12.2. The van der Waals surface area contributed by atoms with Crippen molar-refractivity contribution >= 4 is 28.7 Å². The Morgan fingerprint density at radius 1 is 1.18 bits per heavy atom. The Morgan fingerprint density at radius 2 is 1.86 bits per heavy atom. The Labute approximate surface area is 161 Å². The van der Waals surface area contributed by atoms with E-state index in [-0.39, 0.29) is 24.7 Å². The summed E-state index contributed by atoms with van der Waals surface area (Å²) >= 11 is 0. The molecule has 0 fully saturated rings. The first kappa shape index (κ1) is 19.1. The Bertz CT molecular complexity index is 1050. The number of rotatable bonds is 7. The van der Waals surface area contributed by atoms with Crippen LogP contribution in [-0.4, -0.2) is 38.9 Å². The molecule has 1 amide bonds. The molecule has 8 nitrogen and oxygen atoms in total. The van der Waals surface area contributed by atoms with Gasteiger partial charge in [0.15, 0.2) is 0 Å². The number of aliphatic carboxylic acids is 1. The van der Waals surface area contributed by atoms with E-state index in [4.69, 9.17) is 16.2 Å². The zero-order chi connectivity index (χ0) is 20.3. The number of nitrogens with two attached hydrogens (primary N) is 1. The molecule has 3 rings (SSSR count). The summed E-state index contributed by atoms with van der Waals surface area (Å²) in [6.45, 7) is 2.58. The van der Waals surface area contributed by atoms with Crippen LogP contribution in [0.25, 0.3) is 11.0 Å². The van der Waals surface area contributed by atoms with Crippen molar-refractivity contribution in [2.24, 2.45) is 5.73 Å². The average molecular weight is 379 g/mol. The van der Waals surface area contributed by atoms with Crippen molar-refractivity contribution in [3.63, 3.8) is 0 Å². The van der Waals surface area contributed by atoms with Crippen molar-refractivity contribution in [1.82, 2.24) is 14.9 Å². The van der Waals surface area contributed by atoms with Crippen molar-refractivity contribution < 1.29 is 14.7 Å². The Balaban J connectivity index is 1.81. The predicted octanol–water partition coefficient (Wildman–Crippen LogP) is 1.88. The number of amides is 1. The molecule has 0 saturated heterocycles. The summed E-state index contributed by atoms with van der Waals surface area (Å²) in [5, 5.41) is 18.7. The molecule has 0 aliphatic rings. The van der Waals surface area contributed by atoms with Crippen LogP contribution in [0.1, 0.15) is 33.7 Å². The average Bonchev–Trinajstić information content (AvgIpc) is 2.96. The van der Waals surface area contributed by atoms with Crippen molar-refractivity contribution in [3.05, 3.63) is 65.0 Å². The number of aryl methyl sites for hydroxylation is 1. The van der Waals surface area contributed by atoms with Crippen molar-refractivity contribution in [2.45, 2.75) is 19.9 Å². The zero-order valence-corrected chi connectivity index (χ0v) is 15.4. The third-order valence-corrected chi connectivity index (χ3v) is 4.43. The van der Waals surface area contributed by atoms with E-state index in [1.54, 1.807) is 12.1 Å². The molecule has 1 aromatic heterocycles. The lowest BCUT2D eigenvalue weighted by Gasteiger charge is -2.08. The minimum Gasteiger partial charge on any atom is -0.481 e. The summed E-state index contributed by atoms with van der Waals surface area (Å²) in [5.74, 6) is -0.435. The van der Waals surface area contributed by atoms with Gasteiger partial charge in [-0.2, -0.15) is 0 Å². The number of nitrogens with zero attached hydrogens (tertiary/aromatic N) is 2. The Morgan fingerprint density at radius 3 is 2.50 bits per heavy atom. The van der Waals surface area contributed by atoms with Crippen LogP contribution in [0.4, 0.5) is 0 Å². The van der Waals surface area contributed by atoms with Crippen LogP contribution in [-0.2, 0) is 11.3 Å². The number of hydrogen-bond donors (Lipinski definition) is 4. The molecular formula is C20H21N5O3. The largest absolute Gasteiger partial charge is 0.481 e. The van der Waals surface area contributed by atoms with Gasteiger partial charge < -0.3 is 20.7 Å². The number of hydrogen-bond acceptors (Lipinski definition) is 4. The molecule has 0 spiro atoms. The van der Waals surface area contributed by atoms with E-state index in [1.807, 2.05) is 41.8 Å². The van der Waals surface area contributed by atoms with E-state index in [1.165, 1.54) is 0 Å². The fourth-order valence-corrected chi connectivity index (χ4v) is 2.95. The minimum absolute atomic E-state index is 0.0324. The van der Waals surface area contributed by atoms with Crippen LogP contribution in [0, 0.1) is 12.3 Å². The lowest BCUT2D eigenvalue weighted by molar-refractivity contribution is -0.136. The lowest BCUT2D eigenvalue weighted by Crippen LogP contribution is -2.25. The molecule has 2 aromatic carbocycles. The van der Waals surface area contributed by atoms with E-state index in [9.17, 15) is 9.59 Å². The molecule has 0 aliphatic heterocycles. The van der Waals surface area contributed by atoms with Gasteiger partial charge in [0, 0.05) is 24.2 Å². The molecule has 0 saturated carbocycles. The van der Waals surface area contributed by atoms with Crippen LogP contribution in [0.2, 0.25) is 0 Å². The van der Waals surface area contributed by atoms with E-state index in [0.717, 1.165) is 16.9 Å². The first-order valence-electron chi connectivity index (χ1n) is 8.75. The smallest absolute Gasteiger partial charge is 0.305 e. The topological polar surface area (TPSA) is 134 Å². The quantitative estimate of drug-likeness (QED) is 0.367. The van der Waals surface area contributed by atoms with Gasteiger partial charge in [0.25, 0.3) is 5.91 Å². The summed E-state index contributed by atoms with van der Waals surface area (Å²) in [7, 11) is 0. The van der Waals surface area contributed by atoms with E-state index in [2.05, 4.69) is 10.3 Å². The number of nitrogen functional groups attached to an aromatic ring is 1. The van der Waals surface area contributed by atoms with Gasteiger partial charge in [0.2, 0.25) is 0 Å². The summed E-state index contributed by atoms with van der Waals surface area (Å²) in [6, 6.07) is 12.7. The van der Waals surface area contributed by atoms with Crippen LogP contribution in [0.5, 0.6) is 0 Å². The second-order valence-corrected chi connectivity index (χ2v) is 6.46. The second-order valence-electron chi connectivity index (χ2n) is 6.46. The third-order valence-electron chi connectivity index (χ3n) is 4.43. The van der Waals surface area contributed by atoms with Crippen LogP contribution < -0.4 is 11.1 Å². The number of aromatic nitrogens is 2. The number of fused-ring (bicyclic) bond motifs is 1. The predicted molar refractivity (Wildman–Crippen MR) is 106 cm³/mol. The summed E-state index contributed by atoms with van der Waals surface area (Å²) < 4.78 is 2.05. The number of nitrogens with one attached hydrogen (secondary N) is 2. The van der Waals surface area contributed by atoms with Crippen molar-refractivity contribution in [3.8, 4) is 0 Å². The van der Waals surface area contributed by atoms with Crippen LogP contribution in [0.15, 0.2) is 42.5 Å². The Hall–Kier alpha value is -3.68. The lowest BCUT2D eigenvalue weighted by atomic mass is 10.1. The highest BCUT2D eigenvalue weighted by atomic mass is 16.4. The standard InChI is InChI=1S/C20H21N5O3/c1-12-24-16-10-15(20(28)23-9-8-18(26)27)6-7-17(16)25(12)11-13-2-4-14(5-3-13)19(21)22/h2-7,10H,8-9,11H2,1H3,(H3,21,22)(H,23,28)(H,26,27). The molecule has 0 bridgehead atoms. The molecule has 28 heavy (non-hydrogen) atoms. The summed E-state index contributed by atoms with van der Waals surface area (Å²) in [6.07, 6.45) is -0.121. The number of imidazole rings is 1. The number of carbonyl (C=O) groups excluding carboxylic acids is 1. The number of amidine groups is 1. The van der Waals surface area contributed by atoms with E-state index >= 15 is 0 Å². The molecule has 0 radical (unpaired) electrons. The van der Waals surface area contributed by atoms with Crippen molar-refractivity contribution in [2.75, 3.05) is 6.54 Å². The van der Waals surface area contributed by atoms with Gasteiger partial charge in [-0.15, -0.1) is 0 Å². The molecule has 0 unspecified atom stereocenters. The highest BCUT2D eigenvalue weighted by Crippen LogP contribution is 2.20. The van der Waals surface area contributed by atoms with E-state index in [0.29, 0.717) is 23.2 Å². The molecule has 0 atom stereocenters. The number of carboxylic acid groups (broad SMARTS) is 1. The van der Waals surface area contributed by atoms with Gasteiger partial charge in [0.05, 0.1) is 17.5 Å². The van der Waals surface area contributed by atoms with E-state index < -0.39 is 5.97 Å². The molecule has 144 valence electrons. The second kappa shape index (κ2) is 7.91. The fourth-order valence-electron chi connectivity index (χ4n) is 2.95. The maximum Gasteiger partial charge on any atom is 0.305 e. The van der Waals surface area contributed by atoms with Gasteiger partial charge in [-0.1, -0.05) is 24.3 Å². The number of carboxylic acids is 1. The van der Waals surface area contributed by atoms with Crippen molar-refractivity contribution in [1.29, 1.82) is 5.41 Å². The van der Waals surface area contributed by atoms with Gasteiger partial charge in [0.1, 0.15) is 11.7 Å². The fraction of sp³-hybridized carbons (Fsp3) is 0.200. The summed E-state index contributed by atoms with van der Waals surface area (Å²) in [5.41, 5.74) is 9.24. The van der Waals surface area contributed by atoms with Crippen LogP contribution >= 0.6 is 0 Å². The minimum atomic E-state index is -0.957. The molecular weight excluding hydrogens is 358 g/mol. The normalized spacial score (nSPS) is 10.8. The zero-order valence-electron chi connectivity index (χ0n) is 15.4. The van der Waals surface area contributed by atoms with Crippen LogP contribution in [0.3, 0.4) is 0 Å². The molecule has 8 heteroatoms.